The van der Waals surface area contributed by atoms with Gasteiger partial charge in [0.25, 0.3) is 0 Å². The number of aryl methyl sites for hydroxylation is 1. The van der Waals surface area contributed by atoms with Gasteiger partial charge in [-0.25, -0.2) is 13.4 Å². The van der Waals surface area contributed by atoms with Gasteiger partial charge >= 0.3 is 0 Å². The summed E-state index contributed by atoms with van der Waals surface area (Å²) in [6.45, 7) is 1.67. The minimum Gasteiger partial charge on any atom is -0.441 e. The second-order valence-electron chi connectivity index (χ2n) is 6.96. The van der Waals surface area contributed by atoms with Gasteiger partial charge in [0.05, 0.1) is 11.4 Å². The number of nitrogens with zero attached hydrogens (tertiary/aromatic N) is 1. The fraction of sp³-hybridized carbons (Fsp3) is 0.474. The van der Waals surface area contributed by atoms with Crippen LogP contribution < -0.4 is 0 Å². The molecule has 2 aromatic rings. The van der Waals surface area contributed by atoms with Crippen molar-refractivity contribution < 1.29 is 17.6 Å². The Morgan fingerprint density at radius 2 is 2.04 bits per heavy atom. The van der Waals surface area contributed by atoms with Crippen molar-refractivity contribution in [3.05, 3.63) is 40.7 Å². The number of hydrogen-bond acceptors (Lipinski definition) is 5. The monoisotopic (exact) mass is 395 g/mol. The molecule has 1 heterocycles. The van der Waals surface area contributed by atoms with Crippen molar-refractivity contribution in [3.63, 3.8) is 0 Å². The van der Waals surface area contributed by atoms with Crippen LogP contribution in [-0.4, -0.2) is 24.9 Å². The molecule has 140 valence electrons. The van der Waals surface area contributed by atoms with E-state index in [0.717, 1.165) is 25.7 Å². The highest BCUT2D eigenvalue weighted by molar-refractivity contribution is 7.91. The molecule has 0 aliphatic heterocycles. The van der Waals surface area contributed by atoms with Crippen LogP contribution in [0.2, 0.25) is 5.02 Å². The number of benzene rings is 1. The van der Waals surface area contributed by atoms with Crippen molar-refractivity contribution in [2.45, 2.75) is 44.8 Å². The normalized spacial score (nSPS) is 15.5. The Kier molecular flexibility index (Phi) is 5.82. The van der Waals surface area contributed by atoms with E-state index < -0.39 is 15.6 Å². The van der Waals surface area contributed by atoms with E-state index in [1.54, 1.807) is 31.2 Å². The average molecular weight is 396 g/mol. The highest BCUT2D eigenvalue weighted by atomic mass is 35.5. The summed E-state index contributed by atoms with van der Waals surface area (Å²) in [5.74, 6) is 0.190. The predicted octanol–water partition coefficient (Wildman–Crippen LogP) is 4.37. The minimum atomic E-state index is -3.57. The summed E-state index contributed by atoms with van der Waals surface area (Å²) < 4.78 is 30.4. The van der Waals surface area contributed by atoms with E-state index in [2.05, 4.69) is 4.98 Å². The van der Waals surface area contributed by atoms with Crippen LogP contribution in [0.1, 0.15) is 43.6 Å². The summed E-state index contributed by atoms with van der Waals surface area (Å²) in [4.78, 5) is 16.4. The van der Waals surface area contributed by atoms with Crippen LogP contribution in [0.25, 0.3) is 11.5 Å². The number of aromatic nitrogens is 1. The van der Waals surface area contributed by atoms with Gasteiger partial charge in [0.1, 0.15) is 17.3 Å². The Bertz CT molecular complexity index is 898. The van der Waals surface area contributed by atoms with Gasteiger partial charge in [-0.1, -0.05) is 43.4 Å². The van der Waals surface area contributed by atoms with E-state index in [9.17, 15) is 13.2 Å². The lowest BCUT2D eigenvalue weighted by molar-refractivity contribution is -0.117. The molecule has 7 heteroatoms. The Labute approximate surface area is 158 Å². The molecule has 3 rings (SSSR count). The molecule has 1 fully saturated rings. The summed E-state index contributed by atoms with van der Waals surface area (Å²) in [7, 11) is -3.57. The van der Waals surface area contributed by atoms with E-state index in [1.165, 1.54) is 0 Å². The Morgan fingerprint density at radius 1 is 1.31 bits per heavy atom. The number of halogens is 1. The molecule has 0 amide bonds. The lowest BCUT2D eigenvalue weighted by Crippen LogP contribution is -2.20. The first-order valence-electron chi connectivity index (χ1n) is 8.77. The molecule has 0 radical (unpaired) electrons. The largest absolute Gasteiger partial charge is 0.441 e. The Morgan fingerprint density at radius 3 is 2.73 bits per heavy atom. The molecule has 1 aliphatic rings. The fourth-order valence-corrected chi connectivity index (χ4v) is 4.99. The van der Waals surface area contributed by atoms with Crippen molar-refractivity contribution in [2.75, 3.05) is 5.75 Å². The maximum atomic E-state index is 12.4. The summed E-state index contributed by atoms with van der Waals surface area (Å²) in [5.41, 5.74) is 1.02. The first-order chi connectivity index (χ1) is 12.3. The van der Waals surface area contributed by atoms with Gasteiger partial charge in [-0.05, 0) is 31.0 Å². The zero-order valence-corrected chi connectivity index (χ0v) is 16.3. The third-order valence-corrected chi connectivity index (χ3v) is 6.40. The van der Waals surface area contributed by atoms with Crippen LogP contribution in [0, 0.1) is 12.8 Å². The minimum absolute atomic E-state index is 0.201. The number of rotatable bonds is 7. The summed E-state index contributed by atoms with van der Waals surface area (Å²) in [6, 6.07) is 7.01. The zero-order chi connectivity index (χ0) is 18.7. The number of oxazole rings is 1. The molecule has 1 saturated carbocycles. The van der Waals surface area contributed by atoms with Crippen LogP contribution >= 0.6 is 11.6 Å². The van der Waals surface area contributed by atoms with Gasteiger partial charge in [0, 0.05) is 17.0 Å². The number of carbonyl (C=O) groups is 1. The smallest absolute Gasteiger partial charge is 0.226 e. The van der Waals surface area contributed by atoms with Crippen LogP contribution in [0.3, 0.4) is 0 Å². The standard InChI is InChI=1S/C19H22ClNO4S/c1-13-18(21-19(25-13)15-7-4-8-16(20)10-15)12-26(23,24)11-17(22)9-14-5-2-3-6-14/h4,7-8,10,14H,2-3,5-6,9,11-12H2,1H3. The number of Topliss-reactive ketones (excluding diaryl/α,β-unsaturated/α-hetero) is 1. The molecule has 1 aromatic heterocycles. The van der Waals surface area contributed by atoms with E-state index in [0.29, 0.717) is 40.3 Å². The van der Waals surface area contributed by atoms with Crippen LogP contribution in [0.4, 0.5) is 0 Å². The lowest BCUT2D eigenvalue weighted by Gasteiger charge is -2.07. The third-order valence-electron chi connectivity index (χ3n) is 4.69. The second-order valence-corrected chi connectivity index (χ2v) is 9.46. The highest BCUT2D eigenvalue weighted by Crippen LogP contribution is 2.28. The van der Waals surface area contributed by atoms with Crippen molar-refractivity contribution in [1.82, 2.24) is 4.98 Å². The summed E-state index contributed by atoms with van der Waals surface area (Å²) in [5, 5.41) is 0.546. The molecule has 0 N–H and O–H groups in total. The molecule has 5 nitrogen and oxygen atoms in total. The van der Waals surface area contributed by atoms with Gasteiger partial charge in [0.15, 0.2) is 9.84 Å². The van der Waals surface area contributed by atoms with Gasteiger partial charge in [-0.15, -0.1) is 0 Å². The molecular weight excluding hydrogens is 374 g/mol. The first-order valence-corrected chi connectivity index (χ1v) is 11.0. The molecule has 26 heavy (non-hydrogen) atoms. The predicted molar refractivity (Wildman–Crippen MR) is 101 cm³/mol. The highest BCUT2D eigenvalue weighted by Gasteiger charge is 2.25. The first kappa shape index (κ1) is 19.1. The number of carbonyl (C=O) groups excluding carboxylic acids is 1. The zero-order valence-electron chi connectivity index (χ0n) is 14.7. The van der Waals surface area contributed by atoms with Gasteiger partial charge < -0.3 is 4.42 Å². The lowest BCUT2D eigenvalue weighted by atomic mass is 10.0. The summed E-state index contributed by atoms with van der Waals surface area (Å²) >= 11 is 5.97. The molecule has 0 spiro atoms. The second kappa shape index (κ2) is 7.92. The third kappa shape index (κ3) is 4.95. The topological polar surface area (TPSA) is 77.2 Å². The molecule has 1 aromatic carbocycles. The Hall–Kier alpha value is -1.66. The van der Waals surface area contributed by atoms with Gasteiger partial charge in [-0.2, -0.15) is 0 Å². The van der Waals surface area contributed by atoms with Crippen molar-refractivity contribution in [2.24, 2.45) is 5.92 Å². The van der Waals surface area contributed by atoms with Crippen LogP contribution in [0.5, 0.6) is 0 Å². The molecule has 1 aliphatic carbocycles. The SMILES string of the molecule is Cc1oc(-c2cccc(Cl)c2)nc1CS(=O)(=O)CC(=O)CC1CCCC1. The number of ketones is 1. The van der Waals surface area contributed by atoms with E-state index in [-0.39, 0.29) is 11.5 Å². The molecule has 0 atom stereocenters. The van der Waals surface area contributed by atoms with E-state index in [4.69, 9.17) is 16.0 Å². The average Bonchev–Trinajstić information content (AvgIpc) is 3.17. The number of sulfone groups is 1. The quantitative estimate of drug-likeness (QED) is 0.695. The maximum Gasteiger partial charge on any atom is 0.226 e. The maximum absolute atomic E-state index is 12.4. The molecule has 0 bridgehead atoms. The van der Waals surface area contributed by atoms with Crippen LogP contribution in [-0.2, 0) is 20.4 Å². The van der Waals surface area contributed by atoms with E-state index in [1.807, 2.05) is 0 Å². The van der Waals surface area contributed by atoms with Crippen molar-refractivity contribution >= 4 is 27.2 Å². The van der Waals surface area contributed by atoms with Gasteiger partial charge in [0.2, 0.25) is 5.89 Å². The van der Waals surface area contributed by atoms with Crippen molar-refractivity contribution in [1.29, 1.82) is 0 Å². The van der Waals surface area contributed by atoms with Crippen molar-refractivity contribution in [3.8, 4) is 11.5 Å². The number of hydrogen-bond donors (Lipinski definition) is 0. The van der Waals surface area contributed by atoms with Gasteiger partial charge in [-0.3, -0.25) is 4.79 Å². The molecular formula is C19H22ClNO4S. The summed E-state index contributed by atoms with van der Waals surface area (Å²) in [6.07, 6.45) is 4.68. The van der Waals surface area contributed by atoms with E-state index >= 15 is 0 Å². The molecule has 0 saturated heterocycles. The van der Waals surface area contributed by atoms with Crippen LogP contribution in [0.15, 0.2) is 28.7 Å². The fourth-order valence-electron chi connectivity index (χ4n) is 3.41. The molecule has 0 unspecified atom stereocenters. The Balaban J connectivity index is 1.68.